The number of hydrogen-bond donors (Lipinski definition) is 0. The summed E-state index contributed by atoms with van der Waals surface area (Å²) >= 11 is 0. The van der Waals surface area contributed by atoms with Crippen molar-refractivity contribution in [2.75, 3.05) is 4.90 Å². The van der Waals surface area contributed by atoms with Gasteiger partial charge in [0.05, 0.1) is 11.7 Å². The van der Waals surface area contributed by atoms with Crippen molar-refractivity contribution in [3.8, 4) is 5.75 Å². The molecule has 5 aliphatic carbocycles. The zero-order chi connectivity index (χ0) is 29.5. The number of ether oxygens (including phenoxy) is 1. The van der Waals surface area contributed by atoms with Gasteiger partial charge in [-0.05, 0) is 77.1 Å². The summed E-state index contributed by atoms with van der Waals surface area (Å²) in [6, 6.07) is 25.2. The van der Waals surface area contributed by atoms with E-state index in [9.17, 15) is 0 Å². The van der Waals surface area contributed by atoms with Gasteiger partial charge in [-0.2, -0.15) is 0 Å². The third-order valence-electron chi connectivity index (χ3n) is 11.4. The van der Waals surface area contributed by atoms with Crippen molar-refractivity contribution in [1.29, 1.82) is 0 Å². The van der Waals surface area contributed by atoms with Crippen LogP contribution >= 0.6 is 0 Å². The van der Waals surface area contributed by atoms with Crippen LogP contribution in [0.5, 0.6) is 5.75 Å². The van der Waals surface area contributed by atoms with E-state index in [1.807, 2.05) is 0 Å². The molecule has 6 unspecified atom stereocenters. The highest BCUT2D eigenvalue weighted by molar-refractivity contribution is 5.89. The Morgan fingerprint density at radius 2 is 1.58 bits per heavy atom. The first-order chi connectivity index (χ1) is 22.3. The quantitative estimate of drug-likeness (QED) is 0.285. The number of rotatable bonds is 3. The molecule has 2 nitrogen and oxygen atoms in total. The van der Waals surface area contributed by atoms with Gasteiger partial charge >= 0.3 is 0 Å². The summed E-state index contributed by atoms with van der Waals surface area (Å²) in [5.41, 5.74) is 12.7. The molecule has 2 heterocycles. The van der Waals surface area contributed by atoms with Crippen LogP contribution < -0.4 is 9.64 Å². The SMILES string of the molecule is C1=CCC(C2C3=CCC(C4=CC5c6ccccc6N(c6cccc7c6O[C@H]6CCC=CC76)C5C=C4)C=C3c3ccccc32)C=C1. The fraction of sp³-hybridized carbons (Fsp3) is 0.256. The zero-order valence-electron chi connectivity index (χ0n) is 25.4. The van der Waals surface area contributed by atoms with Gasteiger partial charge in [0.25, 0.3) is 0 Å². The summed E-state index contributed by atoms with van der Waals surface area (Å²) in [5, 5.41) is 0. The first-order valence-electron chi connectivity index (χ1n) is 16.9. The molecule has 7 aliphatic rings. The first kappa shape index (κ1) is 25.7. The average molecular weight is 584 g/mol. The minimum absolute atomic E-state index is 0.240. The summed E-state index contributed by atoms with van der Waals surface area (Å²) in [6.07, 6.45) is 31.2. The van der Waals surface area contributed by atoms with Crippen molar-refractivity contribution >= 4 is 16.9 Å². The highest BCUT2D eigenvalue weighted by Crippen LogP contribution is 2.56. The Labute approximate surface area is 266 Å². The van der Waals surface area contributed by atoms with Crippen LogP contribution in [0.15, 0.2) is 145 Å². The maximum Gasteiger partial charge on any atom is 0.147 e. The van der Waals surface area contributed by atoms with E-state index in [1.54, 1.807) is 5.57 Å². The Morgan fingerprint density at radius 3 is 2.51 bits per heavy atom. The van der Waals surface area contributed by atoms with Gasteiger partial charge < -0.3 is 9.64 Å². The molecule has 2 heteroatoms. The van der Waals surface area contributed by atoms with Crippen LogP contribution in [0.25, 0.3) is 5.57 Å². The Morgan fingerprint density at radius 1 is 0.711 bits per heavy atom. The smallest absolute Gasteiger partial charge is 0.147 e. The van der Waals surface area contributed by atoms with Crippen LogP contribution in [0.4, 0.5) is 11.4 Å². The van der Waals surface area contributed by atoms with E-state index in [4.69, 9.17) is 4.74 Å². The highest BCUT2D eigenvalue weighted by atomic mass is 16.5. The Hall–Kier alpha value is -4.56. The largest absolute Gasteiger partial charge is 0.487 e. The number of fused-ring (bicyclic) bond motifs is 9. The van der Waals surface area contributed by atoms with Crippen molar-refractivity contribution < 1.29 is 4.74 Å². The van der Waals surface area contributed by atoms with E-state index in [1.165, 1.54) is 44.8 Å². The molecule has 0 N–H and O–H groups in total. The second-order valence-electron chi connectivity index (χ2n) is 13.7. The van der Waals surface area contributed by atoms with Crippen LogP contribution in [-0.2, 0) is 0 Å². The highest BCUT2D eigenvalue weighted by Gasteiger charge is 2.43. The third-order valence-corrected chi connectivity index (χ3v) is 11.4. The molecule has 2 aliphatic heterocycles. The molecule has 0 radical (unpaired) electrons. The van der Waals surface area contributed by atoms with E-state index in [0.29, 0.717) is 29.6 Å². The van der Waals surface area contributed by atoms with Crippen LogP contribution in [0, 0.1) is 11.8 Å². The molecule has 0 bridgehead atoms. The van der Waals surface area contributed by atoms with Gasteiger partial charge in [0.15, 0.2) is 0 Å². The van der Waals surface area contributed by atoms with E-state index < -0.39 is 0 Å². The number of allylic oxidation sites excluding steroid dienone is 11. The van der Waals surface area contributed by atoms with E-state index in [-0.39, 0.29) is 12.1 Å². The molecule has 0 spiro atoms. The lowest BCUT2D eigenvalue weighted by molar-refractivity contribution is 0.205. The topological polar surface area (TPSA) is 12.5 Å². The van der Waals surface area contributed by atoms with Crippen molar-refractivity contribution in [2.24, 2.45) is 11.8 Å². The normalized spacial score (nSPS) is 31.2. The molecule has 0 fully saturated rings. The van der Waals surface area contributed by atoms with Crippen LogP contribution in [-0.4, -0.2) is 12.1 Å². The number of hydrogen-bond acceptors (Lipinski definition) is 2. The maximum atomic E-state index is 6.73. The molecular weight excluding hydrogens is 546 g/mol. The second-order valence-corrected chi connectivity index (χ2v) is 13.7. The molecule has 0 saturated heterocycles. The standard InChI is InChI=1S/C43H37NO/c1-2-11-27(12-3-1)42-33-16-5-4-13-30(33)36-25-28(21-23-34(36)42)29-22-24-39-37(26-29)31-14-6-8-18-38(31)44(39)40-19-10-17-35-32-15-7-9-20-41(32)45-43(35)40/h1-8,10-11,13-19,22-28,32,37,39,41-42H,9,12,20-21H2/t27?,28?,32?,37?,39?,41-,42?/m0/s1. The first-order valence-corrected chi connectivity index (χ1v) is 16.9. The lowest BCUT2D eigenvalue weighted by Gasteiger charge is -2.32. The lowest BCUT2D eigenvalue weighted by atomic mass is 9.76. The minimum atomic E-state index is 0.240. The van der Waals surface area contributed by atoms with Gasteiger partial charge in [0, 0.05) is 34.9 Å². The Bertz CT molecular complexity index is 1950. The zero-order valence-corrected chi connectivity index (χ0v) is 25.4. The van der Waals surface area contributed by atoms with E-state index in [2.05, 4.69) is 138 Å². The second kappa shape index (κ2) is 9.97. The molecular formula is C43H37NO. The van der Waals surface area contributed by atoms with Crippen molar-refractivity contribution in [1.82, 2.24) is 0 Å². The van der Waals surface area contributed by atoms with Crippen molar-refractivity contribution in [3.63, 3.8) is 0 Å². The van der Waals surface area contributed by atoms with Crippen LogP contribution in [0.1, 0.15) is 65.7 Å². The lowest BCUT2D eigenvalue weighted by Crippen LogP contribution is -2.30. The van der Waals surface area contributed by atoms with Gasteiger partial charge in [-0.15, -0.1) is 0 Å². The van der Waals surface area contributed by atoms with Gasteiger partial charge in [-0.3, -0.25) is 0 Å². The molecule has 0 saturated carbocycles. The molecule has 3 aromatic carbocycles. The van der Waals surface area contributed by atoms with E-state index in [0.717, 1.165) is 31.4 Å². The fourth-order valence-electron chi connectivity index (χ4n) is 9.41. The minimum Gasteiger partial charge on any atom is -0.487 e. The number of benzene rings is 3. The van der Waals surface area contributed by atoms with Crippen LogP contribution in [0.3, 0.4) is 0 Å². The summed E-state index contributed by atoms with van der Waals surface area (Å²) in [7, 11) is 0. The molecule has 7 atom stereocenters. The molecule has 45 heavy (non-hydrogen) atoms. The Balaban J connectivity index is 1.01. The predicted molar refractivity (Wildman–Crippen MR) is 184 cm³/mol. The average Bonchev–Trinajstić information content (AvgIpc) is 3.76. The van der Waals surface area contributed by atoms with Gasteiger partial charge in [-0.1, -0.05) is 121 Å². The third kappa shape index (κ3) is 3.81. The van der Waals surface area contributed by atoms with Gasteiger partial charge in [0.1, 0.15) is 11.9 Å². The predicted octanol–water partition coefficient (Wildman–Crippen LogP) is 10.2. The summed E-state index contributed by atoms with van der Waals surface area (Å²) in [6.45, 7) is 0. The monoisotopic (exact) mass is 583 g/mol. The van der Waals surface area contributed by atoms with Crippen molar-refractivity contribution in [2.45, 2.75) is 55.6 Å². The maximum absolute atomic E-state index is 6.73. The summed E-state index contributed by atoms with van der Waals surface area (Å²) in [5.74, 6) is 3.15. The molecule has 0 amide bonds. The number of para-hydroxylation sites is 2. The molecule has 3 aromatic rings. The molecule has 0 aromatic heterocycles. The molecule has 10 rings (SSSR count). The number of nitrogens with zero attached hydrogens (tertiary/aromatic N) is 1. The molecule has 220 valence electrons. The number of anilines is 2. The van der Waals surface area contributed by atoms with Crippen molar-refractivity contribution in [3.05, 3.63) is 167 Å². The van der Waals surface area contributed by atoms with Gasteiger partial charge in [0.2, 0.25) is 0 Å². The Kier molecular flexibility index (Phi) is 5.70. The fourth-order valence-corrected chi connectivity index (χ4v) is 9.41. The summed E-state index contributed by atoms with van der Waals surface area (Å²) < 4.78 is 6.73. The van der Waals surface area contributed by atoms with E-state index >= 15 is 0 Å². The van der Waals surface area contributed by atoms with Gasteiger partial charge in [-0.25, -0.2) is 0 Å². The summed E-state index contributed by atoms with van der Waals surface area (Å²) in [4.78, 5) is 2.56. The van der Waals surface area contributed by atoms with Crippen LogP contribution in [0.2, 0.25) is 0 Å².